The molecule has 194 valence electrons. The monoisotopic (exact) mass is 523 g/mol. The minimum Gasteiger partial charge on any atom is -0.497 e. The molecule has 0 saturated carbocycles. The van der Waals surface area contributed by atoms with Crippen LogP contribution in [-0.2, 0) is 14.8 Å². The molecule has 0 aliphatic heterocycles. The van der Waals surface area contributed by atoms with Crippen LogP contribution in [-0.4, -0.2) is 27.5 Å². The number of methoxy groups -OCH3 is 1. The van der Waals surface area contributed by atoms with Crippen molar-refractivity contribution >= 4 is 37.7 Å². The van der Waals surface area contributed by atoms with Crippen molar-refractivity contribution in [2.45, 2.75) is 45.1 Å². The topological polar surface area (TPSA) is 112 Å². The maximum atomic E-state index is 13.2. The first kappa shape index (κ1) is 26.4. The first-order valence-corrected chi connectivity index (χ1v) is 13.3. The lowest BCUT2D eigenvalue weighted by molar-refractivity contribution is -0.136. The van der Waals surface area contributed by atoms with Gasteiger partial charge in [0.1, 0.15) is 23.1 Å². The van der Waals surface area contributed by atoms with Gasteiger partial charge in [0, 0.05) is 16.3 Å². The van der Waals surface area contributed by atoms with Crippen LogP contribution < -0.4 is 19.8 Å². The zero-order valence-corrected chi connectivity index (χ0v) is 22.1. The van der Waals surface area contributed by atoms with Crippen LogP contribution in [0, 0.1) is 19.8 Å². The van der Waals surface area contributed by atoms with Crippen LogP contribution >= 0.6 is 0 Å². The Morgan fingerprint density at radius 3 is 2.30 bits per heavy atom. The molecule has 37 heavy (non-hydrogen) atoms. The van der Waals surface area contributed by atoms with E-state index in [0.717, 1.165) is 5.56 Å². The van der Waals surface area contributed by atoms with Gasteiger partial charge in [0.25, 0.3) is 0 Å². The highest BCUT2D eigenvalue weighted by Gasteiger charge is 2.29. The number of hydrogen-bond acceptors (Lipinski definition) is 7. The summed E-state index contributed by atoms with van der Waals surface area (Å²) in [4.78, 5) is 25.9. The van der Waals surface area contributed by atoms with E-state index in [9.17, 15) is 18.0 Å². The van der Waals surface area contributed by atoms with Crippen LogP contribution in [0.4, 0.5) is 0 Å². The predicted octanol–water partition coefficient (Wildman–Crippen LogP) is 4.87. The highest BCUT2D eigenvalue weighted by Crippen LogP contribution is 2.32. The number of nitrogens with one attached hydrogen (secondary N) is 1. The first-order valence-electron chi connectivity index (χ1n) is 11.8. The van der Waals surface area contributed by atoms with Gasteiger partial charge in [0.05, 0.1) is 17.4 Å². The van der Waals surface area contributed by atoms with Crippen molar-refractivity contribution in [3.8, 4) is 11.5 Å². The Bertz CT molecular complexity index is 1640. The number of ether oxygens (including phenoxy) is 2. The fourth-order valence-corrected chi connectivity index (χ4v) is 5.34. The molecule has 0 fully saturated rings. The van der Waals surface area contributed by atoms with Crippen LogP contribution in [0.1, 0.15) is 31.4 Å². The smallest absolute Gasteiger partial charge is 0.344 e. The Balaban J connectivity index is 1.67. The van der Waals surface area contributed by atoms with E-state index in [1.807, 2.05) is 20.8 Å². The Labute approximate surface area is 215 Å². The van der Waals surface area contributed by atoms with Crippen LogP contribution in [0.3, 0.4) is 0 Å². The molecule has 4 rings (SSSR count). The van der Waals surface area contributed by atoms with Crippen LogP contribution in [0.15, 0.2) is 68.7 Å². The minimum atomic E-state index is -3.96. The number of esters is 1. The molecule has 0 aliphatic carbocycles. The van der Waals surface area contributed by atoms with Gasteiger partial charge in [-0.3, -0.25) is 0 Å². The van der Waals surface area contributed by atoms with E-state index in [-0.39, 0.29) is 28.6 Å². The van der Waals surface area contributed by atoms with E-state index >= 15 is 0 Å². The van der Waals surface area contributed by atoms with E-state index in [1.54, 1.807) is 49.4 Å². The number of carbonyl (C=O) groups is 1. The molecule has 3 aromatic carbocycles. The van der Waals surface area contributed by atoms with Gasteiger partial charge >= 0.3 is 11.6 Å². The van der Waals surface area contributed by atoms with Gasteiger partial charge < -0.3 is 13.9 Å². The third-order valence-corrected chi connectivity index (χ3v) is 7.61. The van der Waals surface area contributed by atoms with E-state index in [1.165, 1.54) is 19.2 Å². The molecular weight excluding hydrogens is 494 g/mol. The molecule has 0 spiro atoms. The van der Waals surface area contributed by atoms with Crippen molar-refractivity contribution in [2.75, 3.05) is 7.11 Å². The Morgan fingerprint density at radius 1 is 0.973 bits per heavy atom. The molecule has 0 bridgehead atoms. The quantitative estimate of drug-likeness (QED) is 0.152. The van der Waals surface area contributed by atoms with Gasteiger partial charge in [-0.25, -0.2) is 18.0 Å². The maximum Gasteiger partial charge on any atom is 0.344 e. The summed E-state index contributed by atoms with van der Waals surface area (Å²) in [7, 11) is -2.44. The first-order chi connectivity index (χ1) is 17.5. The Kier molecular flexibility index (Phi) is 7.38. The van der Waals surface area contributed by atoms with Crippen molar-refractivity contribution in [1.29, 1.82) is 0 Å². The standard InChI is InChI=1S/C28H29NO7S/c1-16(2)14-24(29-37(32,33)20-9-6-17(3)7-10-20)28(31)35-25-13-12-22-21-11-8-19(34-5)15-23(21)27(30)36-26(22)18(25)4/h6-13,15-16,24,29H,14H2,1-5H3. The number of aryl methyl sites for hydroxylation is 2. The molecule has 0 saturated heterocycles. The van der Waals surface area contributed by atoms with E-state index in [4.69, 9.17) is 13.9 Å². The lowest BCUT2D eigenvalue weighted by Crippen LogP contribution is -2.43. The highest BCUT2D eigenvalue weighted by molar-refractivity contribution is 7.89. The van der Waals surface area contributed by atoms with E-state index in [0.29, 0.717) is 27.5 Å². The van der Waals surface area contributed by atoms with Crippen molar-refractivity contribution in [1.82, 2.24) is 4.72 Å². The summed E-state index contributed by atoms with van der Waals surface area (Å²) in [6, 6.07) is 13.7. The van der Waals surface area contributed by atoms with Gasteiger partial charge in [-0.1, -0.05) is 31.5 Å². The average molecular weight is 524 g/mol. The van der Waals surface area contributed by atoms with Gasteiger partial charge in [-0.2, -0.15) is 4.72 Å². The lowest BCUT2D eigenvalue weighted by atomic mass is 10.0. The number of fused-ring (bicyclic) bond motifs is 3. The van der Waals surface area contributed by atoms with E-state index < -0.39 is 27.7 Å². The second kappa shape index (κ2) is 10.4. The molecule has 0 aliphatic rings. The third-order valence-electron chi connectivity index (χ3n) is 6.12. The summed E-state index contributed by atoms with van der Waals surface area (Å²) < 4.78 is 44.9. The second-order valence-electron chi connectivity index (χ2n) is 9.40. The average Bonchev–Trinajstić information content (AvgIpc) is 2.85. The minimum absolute atomic E-state index is 0.0114. The Morgan fingerprint density at radius 2 is 1.65 bits per heavy atom. The summed E-state index contributed by atoms with van der Waals surface area (Å²) in [5.74, 6) is -0.0282. The van der Waals surface area contributed by atoms with Crippen molar-refractivity contribution < 1.29 is 27.1 Å². The molecule has 4 aromatic rings. The Hall–Kier alpha value is -3.69. The van der Waals surface area contributed by atoms with Gasteiger partial charge in [-0.15, -0.1) is 0 Å². The fourth-order valence-electron chi connectivity index (χ4n) is 4.15. The molecule has 1 atom stereocenters. The molecular formula is C28H29NO7S. The number of benzene rings is 3. The molecule has 0 radical (unpaired) electrons. The highest BCUT2D eigenvalue weighted by atomic mass is 32.2. The zero-order valence-electron chi connectivity index (χ0n) is 21.3. The number of hydrogen-bond donors (Lipinski definition) is 1. The summed E-state index contributed by atoms with van der Waals surface area (Å²) in [6.07, 6.45) is 0.234. The number of carbonyl (C=O) groups excluding carboxylic acids is 1. The second-order valence-corrected chi connectivity index (χ2v) is 11.1. The van der Waals surface area contributed by atoms with Crippen molar-refractivity contribution in [3.05, 3.63) is 76.1 Å². The van der Waals surface area contributed by atoms with Gasteiger partial charge in [0.15, 0.2) is 0 Å². The van der Waals surface area contributed by atoms with Crippen LogP contribution in [0.5, 0.6) is 11.5 Å². The normalized spacial score (nSPS) is 12.7. The predicted molar refractivity (Wildman–Crippen MR) is 142 cm³/mol. The molecule has 1 unspecified atom stereocenters. The van der Waals surface area contributed by atoms with Gasteiger partial charge in [-0.05, 0) is 68.7 Å². The van der Waals surface area contributed by atoms with Crippen molar-refractivity contribution in [2.24, 2.45) is 5.92 Å². The lowest BCUT2D eigenvalue weighted by Gasteiger charge is -2.20. The molecule has 1 aromatic heterocycles. The fraction of sp³-hybridized carbons (Fsp3) is 0.286. The largest absolute Gasteiger partial charge is 0.497 e. The third kappa shape index (κ3) is 5.52. The molecule has 9 heteroatoms. The summed E-state index contributed by atoms with van der Waals surface area (Å²) >= 11 is 0. The maximum absolute atomic E-state index is 13.2. The van der Waals surface area contributed by atoms with E-state index in [2.05, 4.69) is 4.72 Å². The molecule has 8 nitrogen and oxygen atoms in total. The van der Waals surface area contributed by atoms with Crippen molar-refractivity contribution in [3.63, 3.8) is 0 Å². The SMILES string of the molecule is COc1ccc2c(c1)c(=O)oc1c(C)c(OC(=O)C(CC(C)C)NS(=O)(=O)c3ccc(C)cc3)ccc12. The summed E-state index contributed by atoms with van der Waals surface area (Å²) in [5, 5.41) is 1.73. The van der Waals surface area contributed by atoms with Crippen LogP contribution in [0.2, 0.25) is 0 Å². The zero-order chi connectivity index (χ0) is 26.9. The molecule has 1 heterocycles. The molecule has 1 N–H and O–H groups in total. The van der Waals surface area contributed by atoms with Gasteiger partial charge in [0.2, 0.25) is 10.0 Å². The number of sulfonamides is 1. The molecule has 0 amide bonds. The number of rotatable bonds is 8. The summed E-state index contributed by atoms with van der Waals surface area (Å²) in [6.45, 7) is 7.31. The van der Waals surface area contributed by atoms with Crippen LogP contribution in [0.25, 0.3) is 21.7 Å². The summed E-state index contributed by atoms with van der Waals surface area (Å²) in [5.41, 5.74) is 1.11.